The quantitative estimate of drug-likeness (QED) is 0.668. The molecule has 0 bridgehead atoms. The summed E-state index contributed by atoms with van der Waals surface area (Å²) in [5.41, 5.74) is -0.764. The molecule has 0 fully saturated rings. The number of alkyl halides is 3. The predicted molar refractivity (Wildman–Crippen MR) is 56.0 cm³/mol. The van der Waals surface area contributed by atoms with Crippen LogP contribution in [0.4, 0.5) is 26.3 Å². The Labute approximate surface area is 99.9 Å². The molecular weight excluding hydrogens is 258 g/mol. The predicted octanol–water partition coefficient (Wildman–Crippen LogP) is 5.11. The minimum atomic E-state index is -3.22. The van der Waals surface area contributed by atoms with Gasteiger partial charge in [-0.2, -0.15) is 8.78 Å². The second kappa shape index (κ2) is 5.46. The summed E-state index contributed by atoms with van der Waals surface area (Å²) in [5, 5.41) is 0. The molecule has 0 aliphatic carbocycles. The van der Waals surface area contributed by atoms with E-state index in [9.17, 15) is 26.3 Å². The molecule has 0 saturated carbocycles. The smallest absolute Gasteiger partial charge is 0.236 e. The Kier molecular flexibility index (Phi) is 4.43. The molecule has 18 heavy (non-hydrogen) atoms. The molecule has 0 heterocycles. The zero-order valence-electron chi connectivity index (χ0n) is 9.58. The molecule has 100 valence electrons. The maximum Gasteiger partial charge on any atom is 0.306 e. The molecule has 0 aliphatic rings. The average Bonchev–Trinajstić information content (AvgIpc) is 2.29. The van der Waals surface area contributed by atoms with E-state index in [1.807, 2.05) is 0 Å². The second-order valence-electron chi connectivity index (χ2n) is 3.83. The van der Waals surface area contributed by atoms with Crippen molar-refractivity contribution in [3.63, 3.8) is 0 Å². The van der Waals surface area contributed by atoms with Crippen molar-refractivity contribution < 1.29 is 26.3 Å². The fourth-order valence-corrected chi connectivity index (χ4v) is 1.61. The Morgan fingerprint density at radius 2 is 1.50 bits per heavy atom. The lowest BCUT2D eigenvalue weighted by Crippen LogP contribution is -2.06. The summed E-state index contributed by atoms with van der Waals surface area (Å²) in [6.07, 6.45) is -8.23. The van der Waals surface area contributed by atoms with E-state index in [1.54, 1.807) is 0 Å². The van der Waals surface area contributed by atoms with Crippen molar-refractivity contribution in [2.75, 3.05) is 0 Å². The zero-order valence-corrected chi connectivity index (χ0v) is 9.58. The van der Waals surface area contributed by atoms with Gasteiger partial charge in [-0.1, -0.05) is 6.07 Å². The van der Waals surface area contributed by atoms with E-state index < -0.39 is 30.1 Å². The highest BCUT2D eigenvalue weighted by Gasteiger charge is 2.24. The second-order valence-corrected chi connectivity index (χ2v) is 3.83. The van der Waals surface area contributed by atoms with Crippen LogP contribution in [0, 0.1) is 13.8 Å². The molecule has 1 aromatic carbocycles. The number of benzene rings is 1. The minimum Gasteiger partial charge on any atom is -0.236 e. The molecule has 1 rings (SSSR count). The Balaban J connectivity index is 3.33. The molecule has 0 spiro atoms. The van der Waals surface area contributed by atoms with Gasteiger partial charge in [-0.05, 0) is 36.6 Å². The summed E-state index contributed by atoms with van der Waals surface area (Å²) in [6.45, 7) is 2.51. The topological polar surface area (TPSA) is 0 Å². The normalized spacial score (nSPS) is 12.7. The van der Waals surface area contributed by atoms with E-state index in [2.05, 4.69) is 0 Å². The third kappa shape index (κ3) is 2.86. The zero-order chi connectivity index (χ0) is 14.0. The highest BCUT2D eigenvalue weighted by atomic mass is 19.3. The van der Waals surface area contributed by atoms with Crippen LogP contribution in [0.5, 0.6) is 0 Å². The summed E-state index contributed by atoms with van der Waals surface area (Å²) < 4.78 is 75.0. The molecule has 1 unspecified atom stereocenters. The van der Waals surface area contributed by atoms with Crippen molar-refractivity contribution in [1.82, 2.24) is 0 Å². The highest BCUT2D eigenvalue weighted by Crippen LogP contribution is 2.33. The van der Waals surface area contributed by atoms with Crippen molar-refractivity contribution in [3.8, 4) is 0 Å². The largest absolute Gasteiger partial charge is 0.306 e. The van der Waals surface area contributed by atoms with Crippen molar-refractivity contribution in [2.24, 2.45) is 0 Å². The van der Waals surface area contributed by atoms with E-state index in [0.717, 1.165) is 12.1 Å². The molecule has 0 amide bonds. The van der Waals surface area contributed by atoms with Gasteiger partial charge in [-0.25, -0.2) is 17.6 Å². The Bertz CT molecular complexity index is 474. The summed E-state index contributed by atoms with van der Waals surface area (Å²) >= 11 is 0. The standard InChI is InChI=1S/C12H10F6/c1-5-3-8(10(14)12(17)18)6(2)4-7(5)9(13)11(15)16/h3-4,9,11H,1-2H3. The van der Waals surface area contributed by atoms with Gasteiger partial charge in [-0.3, -0.25) is 0 Å². The minimum absolute atomic E-state index is 0.000185. The van der Waals surface area contributed by atoms with Gasteiger partial charge in [0.25, 0.3) is 6.43 Å². The van der Waals surface area contributed by atoms with Crippen molar-refractivity contribution in [3.05, 3.63) is 40.5 Å². The number of hydrogen-bond acceptors (Lipinski definition) is 0. The van der Waals surface area contributed by atoms with E-state index in [-0.39, 0.29) is 16.7 Å². The number of aryl methyl sites for hydroxylation is 2. The first-order valence-electron chi connectivity index (χ1n) is 5.00. The van der Waals surface area contributed by atoms with Crippen LogP contribution in [0.3, 0.4) is 0 Å². The summed E-state index contributed by atoms with van der Waals surface area (Å²) in [7, 11) is 0. The van der Waals surface area contributed by atoms with Crippen LogP contribution in [-0.4, -0.2) is 6.43 Å². The number of halogens is 6. The molecule has 0 aliphatic heterocycles. The molecule has 6 heteroatoms. The summed E-state index contributed by atoms with van der Waals surface area (Å²) in [4.78, 5) is 0. The lowest BCUT2D eigenvalue weighted by molar-refractivity contribution is 0.0492. The summed E-state index contributed by atoms with van der Waals surface area (Å²) in [6, 6.07) is 1.90. The molecule has 1 atom stereocenters. The molecule has 0 aromatic heterocycles. The van der Waals surface area contributed by atoms with Gasteiger partial charge in [0, 0.05) is 5.56 Å². The Hall–Kier alpha value is -1.46. The molecule has 0 radical (unpaired) electrons. The molecule has 0 nitrogen and oxygen atoms in total. The van der Waals surface area contributed by atoms with Crippen molar-refractivity contribution in [1.29, 1.82) is 0 Å². The van der Waals surface area contributed by atoms with E-state index in [4.69, 9.17) is 0 Å². The first-order valence-corrected chi connectivity index (χ1v) is 5.00. The van der Waals surface area contributed by atoms with Gasteiger partial charge in [-0.15, -0.1) is 0 Å². The molecule has 1 aromatic rings. The van der Waals surface area contributed by atoms with Crippen LogP contribution in [0.2, 0.25) is 0 Å². The Morgan fingerprint density at radius 1 is 0.944 bits per heavy atom. The molecule has 0 N–H and O–H groups in total. The van der Waals surface area contributed by atoms with Crippen LogP contribution < -0.4 is 0 Å². The third-order valence-electron chi connectivity index (χ3n) is 2.53. The van der Waals surface area contributed by atoms with Gasteiger partial charge in [0.1, 0.15) is 0 Å². The average molecular weight is 268 g/mol. The van der Waals surface area contributed by atoms with Crippen LogP contribution in [-0.2, 0) is 0 Å². The first kappa shape index (κ1) is 14.6. The van der Waals surface area contributed by atoms with Gasteiger partial charge < -0.3 is 0 Å². The van der Waals surface area contributed by atoms with Crippen LogP contribution >= 0.6 is 0 Å². The highest BCUT2D eigenvalue weighted by molar-refractivity contribution is 5.64. The van der Waals surface area contributed by atoms with E-state index in [0.29, 0.717) is 0 Å². The number of hydrogen-bond donors (Lipinski definition) is 0. The van der Waals surface area contributed by atoms with Gasteiger partial charge in [0.2, 0.25) is 0 Å². The van der Waals surface area contributed by atoms with Crippen LogP contribution in [0.15, 0.2) is 18.2 Å². The SMILES string of the molecule is Cc1cc(C(F)C(F)F)c(C)cc1C(F)=C(F)F. The lowest BCUT2D eigenvalue weighted by Gasteiger charge is -2.14. The maximum atomic E-state index is 13.2. The maximum absolute atomic E-state index is 13.2. The van der Waals surface area contributed by atoms with Crippen LogP contribution in [0.1, 0.15) is 28.4 Å². The summed E-state index contributed by atoms with van der Waals surface area (Å²) in [5.74, 6) is -1.73. The van der Waals surface area contributed by atoms with Crippen molar-refractivity contribution >= 4 is 5.83 Å². The fourth-order valence-electron chi connectivity index (χ4n) is 1.61. The van der Waals surface area contributed by atoms with Crippen molar-refractivity contribution in [2.45, 2.75) is 26.4 Å². The molecular formula is C12H10F6. The van der Waals surface area contributed by atoms with E-state index in [1.165, 1.54) is 13.8 Å². The first-order chi connectivity index (χ1) is 8.25. The Morgan fingerprint density at radius 3 is 1.94 bits per heavy atom. The lowest BCUT2D eigenvalue weighted by atomic mass is 9.96. The monoisotopic (exact) mass is 268 g/mol. The third-order valence-corrected chi connectivity index (χ3v) is 2.53. The van der Waals surface area contributed by atoms with E-state index >= 15 is 0 Å². The van der Waals surface area contributed by atoms with Gasteiger partial charge in [0.15, 0.2) is 12.0 Å². The van der Waals surface area contributed by atoms with Crippen LogP contribution in [0.25, 0.3) is 5.83 Å². The van der Waals surface area contributed by atoms with Gasteiger partial charge in [0.05, 0.1) is 0 Å². The number of rotatable bonds is 3. The van der Waals surface area contributed by atoms with Gasteiger partial charge >= 0.3 is 6.08 Å². The molecule has 0 saturated heterocycles. The fraction of sp³-hybridized carbons (Fsp3) is 0.333.